The number of alkyl halides is 2. The van der Waals surface area contributed by atoms with E-state index in [9.17, 15) is 13.6 Å². The first-order valence-electron chi connectivity index (χ1n) is 10.0. The highest BCUT2D eigenvalue weighted by Crippen LogP contribution is 2.29. The minimum atomic E-state index is -2.71. The molecule has 0 aliphatic carbocycles. The number of hydrogen-bond donors (Lipinski definition) is 0. The Morgan fingerprint density at radius 2 is 1.90 bits per heavy atom. The number of hydrogen-bond acceptors (Lipinski definition) is 5. The zero-order valence-electron chi connectivity index (χ0n) is 17.2. The molecule has 0 N–H and O–H groups in total. The van der Waals surface area contributed by atoms with Gasteiger partial charge in [-0.2, -0.15) is 5.10 Å². The highest BCUT2D eigenvalue weighted by Gasteiger charge is 2.36. The van der Waals surface area contributed by atoms with Crippen molar-refractivity contribution in [3.63, 3.8) is 0 Å². The first-order valence-corrected chi connectivity index (χ1v) is 10.0. The minimum absolute atomic E-state index is 0.0110. The van der Waals surface area contributed by atoms with Crippen molar-refractivity contribution < 1.29 is 13.6 Å². The van der Waals surface area contributed by atoms with E-state index in [4.69, 9.17) is 0 Å². The SMILES string of the molecule is Cc1cnc(-c2cc(C(=O)N3CCC(F)(F)CC3)nn2C2=CC(C)C(C)N=C2)cn1. The van der Waals surface area contributed by atoms with Gasteiger partial charge in [0.2, 0.25) is 0 Å². The zero-order chi connectivity index (χ0) is 21.5. The zero-order valence-corrected chi connectivity index (χ0v) is 17.2. The molecule has 0 spiro atoms. The molecule has 0 radical (unpaired) electrons. The summed E-state index contributed by atoms with van der Waals surface area (Å²) in [5.41, 5.74) is 2.88. The van der Waals surface area contributed by atoms with Crippen LogP contribution in [0.1, 0.15) is 42.9 Å². The Morgan fingerprint density at radius 1 is 1.17 bits per heavy atom. The summed E-state index contributed by atoms with van der Waals surface area (Å²) in [6.45, 7) is 5.96. The van der Waals surface area contributed by atoms with Gasteiger partial charge in [-0.25, -0.2) is 13.5 Å². The van der Waals surface area contributed by atoms with Crippen LogP contribution in [0.4, 0.5) is 8.78 Å². The highest BCUT2D eigenvalue weighted by atomic mass is 19.3. The number of amides is 1. The number of allylic oxidation sites excluding steroid dienone is 1. The number of nitrogens with zero attached hydrogens (tertiary/aromatic N) is 6. The summed E-state index contributed by atoms with van der Waals surface area (Å²) in [6, 6.07) is 1.80. The van der Waals surface area contributed by atoms with Crippen LogP contribution in [0.5, 0.6) is 0 Å². The van der Waals surface area contributed by atoms with Crippen molar-refractivity contribution >= 4 is 17.8 Å². The number of carbonyl (C=O) groups excluding carboxylic acids is 1. The van der Waals surface area contributed by atoms with E-state index in [0.29, 0.717) is 11.4 Å². The van der Waals surface area contributed by atoms with E-state index in [1.54, 1.807) is 29.4 Å². The molecule has 0 aromatic carbocycles. The monoisotopic (exact) mass is 414 g/mol. The Balaban J connectivity index is 1.71. The number of aryl methyl sites for hydroxylation is 1. The number of aliphatic imine (C=N–C) groups is 1. The predicted molar refractivity (Wildman–Crippen MR) is 109 cm³/mol. The van der Waals surface area contributed by atoms with Crippen molar-refractivity contribution in [1.82, 2.24) is 24.6 Å². The molecule has 2 aliphatic heterocycles. The molecule has 2 unspecified atom stereocenters. The second kappa shape index (κ2) is 7.70. The molecule has 2 aromatic heterocycles. The van der Waals surface area contributed by atoms with Gasteiger partial charge < -0.3 is 4.90 Å². The van der Waals surface area contributed by atoms with Gasteiger partial charge in [0.05, 0.1) is 29.3 Å². The van der Waals surface area contributed by atoms with Crippen LogP contribution in [0.3, 0.4) is 0 Å². The van der Waals surface area contributed by atoms with E-state index in [1.807, 2.05) is 19.9 Å². The topological polar surface area (TPSA) is 76.3 Å². The molecule has 2 aromatic rings. The summed E-state index contributed by atoms with van der Waals surface area (Å²) >= 11 is 0. The fourth-order valence-corrected chi connectivity index (χ4v) is 3.50. The smallest absolute Gasteiger partial charge is 0.274 e. The van der Waals surface area contributed by atoms with Crippen molar-refractivity contribution in [2.24, 2.45) is 10.9 Å². The van der Waals surface area contributed by atoms with Crippen molar-refractivity contribution in [2.45, 2.75) is 45.6 Å². The molecule has 1 saturated heterocycles. The molecule has 1 amide bonds. The first-order chi connectivity index (χ1) is 14.2. The summed E-state index contributed by atoms with van der Waals surface area (Å²) in [5, 5.41) is 4.51. The second-order valence-corrected chi connectivity index (χ2v) is 7.99. The molecule has 1 fully saturated rings. The van der Waals surface area contributed by atoms with Crippen LogP contribution >= 0.6 is 0 Å². The molecule has 4 rings (SSSR count). The molecule has 158 valence electrons. The predicted octanol–water partition coefficient (Wildman–Crippen LogP) is 3.47. The summed E-state index contributed by atoms with van der Waals surface area (Å²) in [7, 11) is 0. The molecule has 0 bridgehead atoms. The summed E-state index contributed by atoms with van der Waals surface area (Å²) < 4.78 is 28.6. The Bertz CT molecular complexity index is 1000. The number of dihydropyridines is 1. The quantitative estimate of drug-likeness (QED) is 0.771. The normalized spacial score (nSPS) is 23.4. The molecule has 0 saturated carbocycles. The Morgan fingerprint density at radius 3 is 2.53 bits per heavy atom. The van der Waals surface area contributed by atoms with Crippen molar-refractivity contribution in [2.75, 3.05) is 13.1 Å². The van der Waals surface area contributed by atoms with Crippen LogP contribution in [0, 0.1) is 12.8 Å². The van der Waals surface area contributed by atoms with Gasteiger partial charge in [-0.1, -0.05) is 13.0 Å². The Labute approximate surface area is 173 Å². The van der Waals surface area contributed by atoms with Crippen LogP contribution < -0.4 is 0 Å². The fraction of sp³-hybridized carbons (Fsp3) is 0.476. The van der Waals surface area contributed by atoms with Gasteiger partial charge in [-0.3, -0.25) is 19.8 Å². The molecule has 7 nitrogen and oxygen atoms in total. The van der Waals surface area contributed by atoms with E-state index < -0.39 is 5.92 Å². The Hall–Kier alpha value is -2.97. The van der Waals surface area contributed by atoms with E-state index in [1.165, 1.54) is 4.90 Å². The number of likely N-dealkylation sites (tertiary alicyclic amines) is 1. The van der Waals surface area contributed by atoms with Crippen LogP contribution in [0.2, 0.25) is 0 Å². The lowest BCUT2D eigenvalue weighted by Crippen LogP contribution is -2.42. The molecule has 4 heterocycles. The maximum Gasteiger partial charge on any atom is 0.274 e. The van der Waals surface area contributed by atoms with Gasteiger partial charge in [0.15, 0.2) is 5.69 Å². The van der Waals surface area contributed by atoms with Gasteiger partial charge in [0.1, 0.15) is 5.69 Å². The molecular formula is C21H24F2N6O. The van der Waals surface area contributed by atoms with Gasteiger partial charge in [0, 0.05) is 38.3 Å². The fourth-order valence-electron chi connectivity index (χ4n) is 3.50. The average molecular weight is 414 g/mol. The number of halogens is 2. The standard InChI is InChI=1S/C21H24F2N6O/c1-13-8-16(11-25-15(13)3)29-19(18-12-24-14(2)10-26-18)9-17(27-29)20(30)28-6-4-21(22,23)5-7-28/h8-13,15H,4-7H2,1-3H3. The van der Waals surface area contributed by atoms with Gasteiger partial charge in [-0.05, 0) is 25.8 Å². The van der Waals surface area contributed by atoms with Crippen LogP contribution in [-0.4, -0.2) is 61.8 Å². The van der Waals surface area contributed by atoms with Crippen LogP contribution in [0.15, 0.2) is 29.5 Å². The minimum Gasteiger partial charge on any atom is -0.337 e. The molecular weight excluding hydrogens is 390 g/mol. The summed E-state index contributed by atoms with van der Waals surface area (Å²) in [6.07, 6.45) is 6.40. The lowest BCUT2D eigenvalue weighted by molar-refractivity contribution is -0.0495. The largest absolute Gasteiger partial charge is 0.337 e. The highest BCUT2D eigenvalue weighted by molar-refractivity contribution is 6.04. The lowest BCUT2D eigenvalue weighted by Gasteiger charge is -2.31. The molecule has 30 heavy (non-hydrogen) atoms. The number of carbonyl (C=O) groups is 1. The Kier molecular flexibility index (Phi) is 5.21. The van der Waals surface area contributed by atoms with Gasteiger partial charge in [0.25, 0.3) is 11.8 Å². The third kappa shape index (κ3) is 4.01. The molecule has 2 aliphatic rings. The summed E-state index contributed by atoms with van der Waals surface area (Å²) in [4.78, 5) is 27.6. The second-order valence-electron chi connectivity index (χ2n) is 7.99. The van der Waals surface area contributed by atoms with Gasteiger partial charge in [-0.15, -0.1) is 0 Å². The third-order valence-corrected chi connectivity index (χ3v) is 5.64. The molecule has 9 heteroatoms. The number of rotatable bonds is 3. The van der Waals surface area contributed by atoms with E-state index in [2.05, 4.69) is 27.0 Å². The van der Waals surface area contributed by atoms with E-state index in [0.717, 1.165) is 11.4 Å². The summed E-state index contributed by atoms with van der Waals surface area (Å²) in [5.74, 6) is -2.87. The van der Waals surface area contributed by atoms with Crippen molar-refractivity contribution in [1.29, 1.82) is 0 Å². The van der Waals surface area contributed by atoms with Gasteiger partial charge >= 0.3 is 0 Å². The van der Waals surface area contributed by atoms with E-state index in [-0.39, 0.29) is 49.5 Å². The van der Waals surface area contributed by atoms with E-state index >= 15 is 0 Å². The average Bonchev–Trinajstić information content (AvgIpc) is 3.15. The van der Waals surface area contributed by atoms with Crippen LogP contribution in [0.25, 0.3) is 17.1 Å². The van der Waals surface area contributed by atoms with Crippen molar-refractivity contribution in [3.8, 4) is 11.4 Å². The third-order valence-electron chi connectivity index (χ3n) is 5.64. The number of aromatic nitrogens is 4. The maximum atomic E-state index is 13.5. The van der Waals surface area contributed by atoms with Crippen molar-refractivity contribution in [3.05, 3.63) is 35.9 Å². The number of piperidine rings is 1. The molecule has 2 atom stereocenters. The maximum absolute atomic E-state index is 13.5. The van der Waals surface area contributed by atoms with Crippen LogP contribution in [-0.2, 0) is 0 Å². The lowest BCUT2D eigenvalue weighted by atomic mass is 10.0. The first kappa shape index (κ1) is 20.3.